The van der Waals surface area contributed by atoms with E-state index in [2.05, 4.69) is 15.7 Å². The fourth-order valence-corrected chi connectivity index (χ4v) is 2.03. The van der Waals surface area contributed by atoms with Gasteiger partial charge in [-0.05, 0) is 24.6 Å². The van der Waals surface area contributed by atoms with E-state index in [0.29, 0.717) is 25.9 Å². The first-order chi connectivity index (χ1) is 11.1. The SMILES string of the molecule is O=C(O)CCCNC(=O)NCCc1ccn(-c2ccccc2)n1. The lowest BCUT2D eigenvalue weighted by Gasteiger charge is -2.06. The molecule has 3 N–H and O–H groups in total. The molecule has 0 unspecified atom stereocenters. The second-order valence-corrected chi connectivity index (χ2v) is 5.02. The first kappa shape index (κ1) is 16.5. The van der Waals surface area contributed by atoms with Crippen LogP contribution >= 0.6 is 0 Å². The van der Waals surface area contributed by atoms with Crippen LogP contribution in [-0.2, 0) is 11.2 Å². The predicted octanol–water partition coefficient (Wildman–Crippen LogP) is 1.58. The van der Waals surface area contributed by atoms with Gasteiger partial charge in [0.1, 0.15) is 0 Å². The zero-order valence-corrected chi connectivity index (χ0v) is 12.7. The number of amides is 2. The Kier molecular flexibility index (Phi) is 6.17. The number of hydrogen-bond donors (Lipinski definition) is 3. The summed E-state index contributed by atoms with van der Waals surface area (Å²) < 4.78 is 1.79. The van der Waals surface area contributed by atoms with E-state index in [1.54, 1.807) is 4.68 Å². The summed E-state index contributed by atoms with van der Waals surface area (Å²) in [5, 5.41) is 18.3. The normalized spacial score (nSPS) is 10.3. The van der Waals surface area contributed by atoms with E-state index in [9.17, 15) is 9.59 Å². The van der Waals surface area contributed by atoms with Gasteiger partial charge in [0.2, 0.25) is 0 Å². The first-order valence-electron chi connectivity index (χ1n) is 7.48. The second-order valence-electron chi connectivity index (χ2n) is 5.02. The van der Waals surface area contributed by atoms with Crippen LogP contribution in [0.15, 0.2) is 42.6 Å². The van der Waals surface area contributed by atoms with E-state index < -0.39 is 5.97 Å². The number of benzene rings is 1. The third-order valence-electron chi connectivity index (χ3n) is 3.18. The molecule has 0 aliphatic rings. The highest BCUT2D eigenvalue weighted by molar-refractivity contribution is 5.73. The first-order valence-corrected chi connectivity index (χ1v) is 7.48. The van der Waals surface area contributed by atoms with Crippen molar-refractivity contribution in [3.8, 4) is 5.69 Å². The van der Waals surface area contributed by atoms with Crippen LogP contribution in [0.25, 0.3) is 5.69 Å². The Morgan fingerprint density at radius 1 is 1.09 bits per heavy atom. The van der Waals surface area contributed by atoms with Gasteiger partial charge in [-0.15, -0.1) is 0 Å². The van der Waals surface area contributed by atoms with Crippen molar-refractivity contribution < 1.29 is 14.7 Å². The van der Waals surface area contributed by atoms with Gasteiger partial charge in [-0.25, -0.2) is 9.48 Å². The van der Waals surface area contributed by atoms with Crippen molar-refractivity contribution in [2.24, 2.45) is 0 Å². The van der Waals surface area contributed by atoms with Gasteiger partial charge in [-0.2, -0.15) is 5.10 Å². The topological polar surface area (TPSA) is 96.3 Å². The maximum atomic E-state index is 11.5. The minimum atomic E-state index is -0.860. The number of nitrogens with zero attached hydrogens (tertiary/aromatic N) is 2. The fraction of sp³-hybridized carbons (Fsp3) is 0.312. The standard InChI is InChI=1S/C16H20N4O3/c21-15(22)7-4-10-17-16(23)18-11-8-13-9-12-20(19-13)14-5-2-1-3-6-14/h1-3,5-6,9,12H,4,7-8,10-11H2,(H,21,22)(H2,17,18,23). The number of aromatic nitrogens is 2. The molecular weight excluding hydrogens is 296 g/mol. The molecule has 1 aromatic heterocycles. The number of urea groups is 1. The van der Waals surface area contributed by atoms with Crippen molar-refractivity contribution in [3.63, 3.8) is 0 Å². The van der Waals surface area contributed by atoms with Crippen molar-refractivity contribution in [2.45, 2.75) is 19.3 Å². The smallest absolute Gasteiger partial charge is 0.314 e. The van der Waals surface area contributed by atoms with Crippen LogP contribution < -0.4 is 10.6 Å². The number of carboxylic acids is 1. The van der Waals surface area contributed by atoms with Crippen LogP contribution in [0.5, 0.6) is 0 Å². The maximum Gasteiger partial charge on any atom is 0.314 e. The van der Waals surface area contributed by atoms with Crippen LogP contribution in [0.3, 0.4) is 0 Å². The highest BCUT2D eigenvalue weighted by atomic mass is 16.4. The summed E-state index contributed by atoms with van der Waals surface area (Å²) in [6.07, 6.45) is 2.99. The Bertz CT molecular complexity index is 640. The summed E-state index contributed by atoms with van der Waals surface area (Å²) in [5.74, 6) is -0.860. The molecule has 0 radical (unpaired) electrons. The zero-order valence-electron chi connectivity index (χ0n) is 12.7. The molecule has 1 heterocycles. The molecule has 0 atom stereocenters. The third kappa shape index (κ3) is 5.82. The molecule has 23 heavy (non-hydrogen) atoms. The Morgan fingerprint density at radius 2 is 1.83 bits per heavy atom. The number of carbonyl (C=O) groups excluding carboxylic acids is 1. The minimum absolute atomic E-state index is 0.0528. The van der Waals surface area contributed by atoms with E-state index in [4.69, 9.17) is 5.11 Å². The zero-order chi connectivity index (χ0) is 16.5. The van der Waals surface area contributed by atoms with E-state index in [0.717, 1.165) is 11.4 Å². The highest BCUT2D eigenvalue weighted by Gasteiger charge is 2.03. The lowest BCUT2D eigenvalue weighted by atomic mass is 10.3. The van der Waals surface area contributed by atoms with Crippen LogP contribution in [0.2, 0.25) is 0 Å². The molecule has 2 aromatic rings. The van der Waals surface area contributed by atoms with Crippen molar-refractivity contribution in [1.29, 1.82) is 0 Å². The Morgan fingerprint density at radius 3 is 2.57 bits per heavy atom. The summed E-state index contributed by atoms with van der Waals surface area (Å²) in [6.45, 7) is 0.817. The molecule has 2 amide bonds. The Balaban J connectivity index is 1.67. The largest absolute Gasteiger partial charge is 0.481 e. The molecule has 0 aliphatic heterocycles. The summed E-state index contributed by atoms with van der Waals surface area (Å²) in [5.41, 5.74) is 1.88. The van der Waals surface area contributed by atoms with Gasteiger partial charge >= 0.3 is 12.0 Å². The molecule has 0 saturated carbocycles. The molecule has 7 nitrogen and oxygen atoms in total. The lowest BCUT2D eigenvalue weighted by molar-refractivity contribution is -0.137. The van der Waals surface area contributed by atoms with Gasteiger partial charge < -0.3 is 15.7 Å². The third-order valence-corrected chi connectivity index (χ3v) is 3.18. The number of carboxylic acid groups (broad SMARTS) is 1. The van der Waals surface area contributed by atoms with E-state index in [1.165, 1.54) is 0 Å². The number of hydrogen-bond acceptors (Lipinski definition) is 3. The fourth-order valence-electron chi connectivity index (χ4n) is 2.03. The van der Waals surface area contributed by atoms with Gasteiger partial charge in [0.05, 0.1) is 11.4 Å². The molecule has 0 fully saturated rings. The van der Waals surface area contributed by atoms with Gasteiger partial charge in [-0.1, -0.05) is 18.2 Å². The number of rotatable bonds is 8. The van der Waals surface area contributed by atoms with Crippen molar-refractivity contribution in [2.75, 3.05) is 13.1 Å². The Hall–Kier alpha value is -2.83. The molecule has 0 saturated heterocycles. The number of para-hydroxylation sites is 1. The quantitative estimate of drug-likeness (QED) is 0.644. The highest BCUT2D eigenvalue weighted by Crippen LogP contribution is 2.06. The predicted molar refractivity (Wildman–Crippen MR) is 85.5 cm³/mol. The summed E-state index contributed by atoms with van der Waals surface area (Å²) in [4.78, 5) is 21.8. The second kappa shape index (κ2) is 8.57. The van der Waals surface area contributed by atoms with Crippen molar-refractivity contribution in [1.82, 2.24) is 20.4 Å². The summed E-state index contributed by atoms with van der Waals surface area (Å²) >= 11 is 0. The number of carbonyl (C=O) groups is 2. The number of nitrogens with one attached hydrogen (secondary N) is 2. The van der Waals surface area contributed by atoms with E-state index >= 15 is 0 Å². The average molecular weight is 316 g/mol. The van der Waals surface area contributed by atoms with Crippen LogP contribution in [0.1, 0.15) is 18.5 Å². The molecule has 0 spiro atoms. The van der Waals surface area contributed by atoms with Gasteiger partial charge in [0, 0.05) is 32.1 Å². The van der Waals surface area contributed by atoms with Gasteiger partial charge in [0.25, 0.3) is 0 Å². The van der Waals surface area contributed by atoms with Gasteiger partial charge in [0.15, 0.2) is 0 Å². The maximum absolute atomic E-state index is 11.5. The number of aliphatic carboxylic acids is 1. The summed E-state index contributed by atoms with van der Waals surface area (Å²) in [7, 11) is 0. The monoisotopic (exact) mass is 316 g/mol. The lowest BCUT2D eigenvalue weighted by Crippen LogP contribution is -2.37. The molecule has 2 rings (SSSR count). The Labute approximate surface area is 134 Å². The van der Waals surface area contributed by atoms with Crippen LogP contribution in [0.4, 0.5) is 4.79 Å². The molecule has 0 aliphatic carbocycles. The average Bonchev–Trinajstić information content (AvgIpc) is 3.01. The molecule has 7 heteroatoms. The van der Waals surface area contributed by atoms with E-state index in [1.807, 2.05) is 42.6 Å². The molecule has 0 bridgehead atoms. The minimum Gasteiger partial charge on any atom is -0.481 e. The molecule has 122 valence electrons. The van der Waals surface area contributed by atoms with Crippen LogP contribution in [-0.4, -0.2) is 40.0 Å². The van der Waals surface area contributed by atoms with Crippen molar-refractivity contribution >= 4 is 12.0 Å². The van der Waals surface area contributed by atoms with Crippen LogP contribution in [0, 0.1) is 0 Å². The van der Waals surface area contributed by atoms with Crippen molar-refractivity contribution in [3.05, 3.63) is 48.3 Å². The van der Waals surface area contributed by atoms with Gasteiger partial charge in [-0.3, -0.25) is 4.79 Å². The molecule has 1 aromatic carbocycles. The molecular formula is C16H20N4O3. The van der Waals surface area contributed by atoms with E-state index in [-0.39, 0.29) is 12.5 Å². The summed E-state index contributed by atoms with van der Waals surface area (Å²) in [6, 6.07) is 11.4.